The van der Waals surface area contributed by atoms with E-state index in [2.05, 4.69) is 39.4 Å². The number of carbonyl (C=O) groups excluding carboxylic acids is 1. The Morgan fingerprint density at radius 1 is 1.00 bits per heavy atom. The van der Waals surface area contributed by atoms with Gasteiger partial charge in [0, 0.05) is 39.8 Å². The first-order chi connectivity index (χ1) is 15.2. The molecular formula is C23H27N5O2S. The van der Waals surface area contributed by atoms with Crippen LogP contribution in [0.4, 0.5) is 0 Å². The first-order valence-corrected chi connectivity index (χ1v) is 11.3. The number of ether oxygens (including phenoxy) is 1. The number of thioether (sulfide) groups is 1. The van der Waals surface area contributed by atoms with Crippen molar-refractivity contribution in [3.05, 3.63) is 60.2 Å². The Balaban J connectivity index is 1.30. The van der Waals surface area contributed by atoms with E-state index in [9.17, 15) is 4.79 Å². The van der Waals surface area contributed by atoms with Crippen molar-refractivity contribution in [2.45, 2.75) is 11.7 Å². The molecule has 4 rings (SSSR count). The normalized spacial score (nSPS) is 14.6. The first-order valence-electron chi connectivity index (χ1n) is 10.4. The number of hydrogen-bond donors (Lipinski definition) is 0. The largest absolute Gasteiger partial charge is 0.496 e. The van der Waals surface area contributed by atoms with E-state index in [0.29, 0.717) is 5.75 Å². The summed E-state index contributed by atoms with van der Waals surface area (Å²) in [5, 5.41) is 9.32. The maximum Gasteiger partial charge on any atom is 0.233 e. The fourth-order valence-electron chi connectivity index (χ4n) is 3.72. The summed E-state index contributed by atoms with van der Waals surface area (Å²) in [6.45, 7) is 4.25. The summed E-state index contributed by atoms with van der Waals surface area (Å²) in [6.07, 6.45) is 0. The summed E-state index contributed by atoms with van der Waals surface area (Å²) in [7, 11) is 3.56. The van der Waals surface area contributed by atoms with Gasteiger partial charge in [0.25, 0.3) is 0 Å². The third-order valence-corrected chi connectivity index (χ3v) is 6.49. The zero-order valence-electron chi connectivity index (χ0n) is 17.9. The molecule has 3 aromatic rings. The summed E-state index contributed by atoms with van der Waals surface area (Å²) in [4.78, 5) is 17.1. The summed E-state index contributed by atoms with van der Waals surface area (Å²) in [5.74, 6) is 1.98. The molecule has 0 radical (unpaired) electrons. The Bertz CT molecular complexity index is 1020. The molecule has 31 heavy (non-hydrogen) atoms. The summed E-state index contributed by atoms with van der Waals surface area (Å²) < 4.78 is 7.35. The molecule has 1 amide bonds. The zero-order chi connectivity index (χ0) is 21.6. The lowest BCUT2D eigenvalue weighted by atomic mass is 10.2. The standard InChI is InChI=1S/C23H27N5O2S/c1-26-22(19-10-6-7-11-20(19)30-2)24-25-23(26)31-17-21(29)28-14-12-27(13-15-28)16-18-8-4-3-5-9-18/h3-11H,12-17H2,1-2H3. The van der Waals surface area contributed by atoms with Crippen LogP contribution in [0.25, 0.3) is 11.4 Å². The van der Waals surface area contributed by atoms with E-state index in [0.717, 1.165) is 55.0 Å². The molecule has 1 aliphatic heterocycles. The lowest BCUT2D eigenvalue weighted by Crippen LogP contribution is -2.48. The molecule has 0 unspecified atom stereocenters. The molecule has 0 aliphatic carbocycles. The molecule has 0 N–H and O–H groups in total. The Morgan fingerprint density at radius 2 is 1.71 bits per heavy atom. The number of nitrogens with zero attached hydrogens (tertiary/aromatic N) is 5. The highest BCUT2D eigenvalue weighted by atomic mass is 32.2. The van der Waals surface area contributed by atoms with Crippen molar-refractivity contribution < 1.29 is 9.53 Å². The van der Waals surface area contributed by atoms with E-state index in [1.165, 1.54) is 17.3 Å². The van der Waals surface area contributed by atoms with Crippen molar-refractivity contribution in [3.63, 3.8) is 0 Å². The van der Waals surface area contributed by atoms with Crippen LogP contribution < -0.4 is 4.74 Å². The number of rotatable bonds is 7. The second-order valence-corrected chi connectivity index (χ2v) is 8.44. The number of para-hydroxylation sites is 1. The molecule has 0 bridgehead atoms. The minimum absolute atomic E-state index is 0.145. The van der Waals surface area contributed by atoms with E-state index in [-0.39, 0.29) is 5.91 Å². The third-order valence-electron chi connectivity index (χ3n) is 5.48. The highest BCUT2D eigenvalue weighted by molar-refractivity contribution is 7.99. The van der Waals surface area contributed by atoms with Gasteiger partial charge in [-0.05, 0) is 17.7 Å². The Morgan fingerprint density at radius 3 is 2.45 bits per heavy atom. The van der Waals surface area contributed by atoms with Crippen LogP contribution in [0.3, 0.4) is 0 Å². The second kappa shape index (κ2) is 9.98. The van der Waals surface area contributed by atoms with Crippen molar-refractivity contribution in [3.8, 4) is 17.1 Å². The van der Waals surface area contributed by atoms with Gasteiger partial charge in [-0.15, -0.1) is 10.2 Å². The molecule has 0 atom stereocenters. The molecule has 8 heteroatoms. The lowest BCUT2D eigenvalue weighted by molar-refractivity contribution is -0.130. The number of benzene rings is 2. The van der Waals surface area contributed by atoms with Crippen molar-refractivity contribution in [1.82, 2.24) is 24.6 Å². The molecule has 1 fully saturated rings. The molecule has 7 nitrogen and oxygen atoms in total. The van der Waals surface area contributed by atoms with Gasteiger partial charge in [-0.25, -0.2) is 0 Å². The van der Waals surface area contributed by atoms with Gasteiger partial charge in [-0.1, -0.05) is 54.2 Å². The maximum atomic E-state index is 12.7. The average Bonchev–Trinajstić information content (AvgIpc) is 3.18. The van der Waals surface area contributed by atoms with Gasteiger partial charge in [0.1, 0.15) is 5.75 Å². The molecule has 0 saturated carbocycles. The smallest absolute Gasteiger partial charge is 0.233 e. The fourth-order valence-corrected chi connectivity index (χ4v) is 4.53. The minimum Gasteiger partial charge on any atom is -0.496 e. The highest BCUT2D eigenvalue weighted by Gasteiger charge is 2.22. The predicted molar refractivity (Wildman–Crippen MR) is 122 cm³/mol. The Kier molecular flexibility index (Phi) is 6.89. The van der Waals surface area contributed by atoms with E-state index in [1.54, 1.807) is 7.11 Å². The molecular weight excluding hydrogens is 410 g/mol. The van der Waals surface area contributed by atoms with Crippen LogP contribution in [0.1, 0.15) is 5.56 Å². The van der Waals surface area contributed by atoms with E-state index < -0.39 is 0 Å². The van der Waals surface area contributed by atoms with Crippen molar-refractivity contribution in [2.75, 3.05) is 39.0 Å². The topological polar surface area (TPSA) is 63.5 Å². The highest BCUT2D eigenvalue weighted by Crippen LogP contribution is 2.30. The Labute approximate surface area is 187 Å². The van der Waals surface area contributed by atoms with Crippen molar-refractivity contribution >= 4 is 17.7 Å². The molecule has 1 aliphatic rings. The lowest BCUT2D eigenvalue weighted by Gasteiger charge is -2.34. The molecule has 2 aromatic carbocycles. The van der Waals surface area contributed by atoms with Crippen LogP contribution >= 0.6 is 11.8 Å². The number of methoxy groups -OCH3 is 1. The van der Waals surface area contributed by atoms with E-state index in [1.807, 2.05) is 46.8 Å². The first kappa shape index (κ1) is 21.4. The van der Waals surface area contributed by atoms with Crippen LogP contribution in [0.15, 0.2) is 59.8 Å². The molecule has 162 valence electrons. The number of carbonyl (C=O) groups is 1. The number of amides is 1. The SMILES string of the molecule is COc1ccccc1-c1nnc(SCC(=O)N2CCN(Cc3ccccc3)CC2)n1C. The van der Waals surface area contributed by atoms with Crippen molar-refractivity contribution in [2.24, 2.45) is 7.05 Å². The van der Waals surface area contributed by atoms with Crippen LogP contribution in [0, 0.1) is 0 Å². The van der Waals surface area contributed by atoms with Gasteiger partial charge in [-0.3, -0.25) is 9.69 Å². The maximum absolute atomic E-state index is 12.7. The van der Waals surface area contributed by atoms with Gasteiger partial charge >= 0.3 is 0 Å². The van der Waals surface area contributed by atoms with Gasteiger partial charge in [0.2, 0.25) is 5.91 Å². The van der Waals surface area contributed by atoms with Gasteiger partial charge in [0.15, 0.2) is 11.0 Å². The minimum atomic E-state index is 0.145. The van der Waals surface area contributed by atoms with E-state index >= 15 is 0 Å². The van der Waals surface area contributed by atoms with Crippen LogP contribution in [0.5, 0.6) is 5.75 Å². The summed E-state index contributed by atoms with van der Waals surface area (Å²) in [6, 6.07) is 18.2. The summed E-state index contributed by atoms with van der Waals surface area (Å²) >= 11 is 1.42. The molecule has 1 aromatic heterocycles. The molecule has 0 spiro atoms. The Hall–Kier alpha value is -2.84. The number of aromatic nitrogens is 3. The zero-order valence-corrected chi connectivity index (χ0v) is 18.7. The number of hydrogen-bond acceptors (Lipinski definition) is 6. The summed E-state index contributed by atoms with van der Waals surface area (Å²) in [5.41, 5.74) is 2.19. The molecule has 1 saturated heterocycles. The average molecular weight is 438 g/mol. The van der Waals surface area contributed by atoms with Crippen LogP contribution in [-0.4, -0.2) is 69.5 Å². The van der Waals surface area contributed by atoms with Gasteiger partial charge < -0.3 is 14.2 Å². The monoisotopic (exact) mass is 437 g/mol. The van der Waals surface area contributed by atoms with Crippen LogP contribution in [-0.2, 0) is 18.4 Å². The van der Waals surface area contributed by atoms with Gasteiger partial charge in [-0.2, -0.15) is 0 Å². The predicted octanol–water partition coefficient (Wildman–Crippen LogP) is 2.93. The van der Waals surface area contributed by atoms with Gasteiger partial charge in [0.05, 0.1) is 18.4 Å². The van der Waals surface area contributed by atoms with Crippen molar-refractivity contribution in [1.29, 1.82) is 0 Å². The third kappa shape index (κ3) is 5.08. The van der Waals surface area contributed by atoms with E-state index in [4.69, 9.17) is 4.74 Å². The molecule has 2 heterocycles. The second-order valence-electron chi connectivity index (χ2n) is 7.50. The van der Waals surface area contributed by atoms with Crippen LogP contribution in [0.2, 0.25) is 0 Å². The fraction of sp³-hybridized carbons (Fsp3) is 0.348. The number of piperazine rings is 1. The quantitative estimate of drug-likeness (QED) is 0.530.